The maximum Gasteiger partial charge on any atom is 0.331 e. The molecule has 1 aromatic carbocycles. The lowest BCUT2D eigenvalue weighted by Crippen LogP contribution is -2.02. The lowest BCUT2D eigenvalue weighted by Gasteiger charge is -2.03. The first kappa shape index (κ1) is 15.3. The SMILES string of the molecule is C=C(Cc1nc(-c2ccc(Oc3cccnn3)cc2)no1)C(=O)O. The minimum Gasteiger partial charge on any atom is -0.478 e. The Morgan fingerprint density at radius 3 is 2.71 bits per heavy atom. The van der Waals surface area contributed by atoms with Crippen LogP contribution in [-0.2, 0) is 11.2 Å². The van der Waals surface area contributed by atoms with Crippen molar-refractivity contribution in [2.75, 3.05) is 0 Å². The van der Waals surface area contributed by atoms with Gasteiger partial charge in [-0.15, -0.1) is 5.10 Å². The number of aliphatic carboxylic acids is 1. The van der Waals surface area contributed by atoms with Gasteiger partial charge in [-0.05, 0) is 30.3 Å². The van der Waals surface area contributed by atoms with Gasteiger partial charge in [0.25, 0.3) is 0 Å². The highest BCUT2D eigenvalue weighted by Crippen LogP contribution is 2.23. The number of carbonyl (C=O) groups is 1. The first-order chi connectivity index (χ1) is 11.6. The minimum absolute atomic E-state index is 0.00377. The molecule has 3 aromatic rings. The van der Waals surface area contributed by atoms with Crippen molar-refractivity contribution in [3.05, 3.63) is 60.6 Å². The smallest absolute Gasteiger partial charge is 0.331 e. The van der Waals surface area contributed by atoms with Gasteiger partial charge >= 0.3 is 5.97 Å². The second kappa shape index (κ2) is 6.69. The van der Waals surface area contributed by atoms with Crippen molar-refractivity contribution in [2.24, 2.45) is 0 Å². The summed E-state index contributed by atoms with van der Waals surface area (Å²) >= 11 is 0. The molecule has 3 rings (SSSR count). The average Bonchev–Trinajstić information content (AvgIpc) is 3.05. The molecule has 0 aliphatic rings. The molecule has 0 atom stereocenters. The highest BCUT2D eigenvalue weighted by atomic mass is 16.5. The molecule has 0 amide bonds. The summed E-state index contributed by atoms with van der Waals surface area (Å²) in [5.74, 6) is 0.424. The third-order valence-electron chi connectivity index (χ3n) is 3.02. The van der Waals surface area contributed by atoms with E-state index in [1.165, 1.54) is 0 Å². The van der Waals surface area contributed by atoms with Crippen molar-refractivity contribution in [2.45, 2.75) is 6.42 Å². The molecule has 2 heterocycles. The van der Waals surface area contributed by atoms with E-state index in [0.29, 0.717) is 23.0 Å². The quantitative estimate of drug-likeness (QED) is 0.688. The summed E-state index contributed by atoms with van der Waals surface area (Å²) in [5.41, 5.74) is 0.690. The van der Waals surface area contributed by atoms with Gasteiger partial charge in [0.05, 0.1) is 6.42 Å². The van der Waals surface area contributed by atoms with Crippen LogP contribution in [0.15, 0.2) is 59.3 Å². The third-order valence-corrected chi connectivity index (χ3v) is 3.02. The lowest BCUT2D eigenvalue weighted by atomic mass is 10.2. The Bertz CT molecular complexity index is 859. The molecule has 0 unspecified atom stereocenters. The van der Waals surface area contributed by atoms with E-state index in [0.717, 1.165) is 0 Å². The zero-order chi connectivity index (χ0) is 16.9. The maximum atomic E-state index is 10.8. The van der Waals surface area contributed by atoms with E-state index in [1.54, 1.807) is 42.6 Å². The van der Waals surface area contributed by atoms with Crippen LogP contribution in [0, 0.1) is 0 Å². The summed E-state index contributed by atoms with van der Waals surface area (Å²) < 4.78 is 10.6. The molecule has 0 saturated heterocycles. The Morgan fingerprint density at radius 2 is 2.04 bits per heavy atom. The molecule has 8 heteroatoms. The second-order valence-corrected chi connectivity index (χ2v) is 4.79. The van der Waals surface area contributed by atoms with Crippen molar-refractivity contribution < 1.29 is 19.2 Å². The minimum atomic E-state index is -1.10. The molecule has 0 spiro atoms. The first-order valence-electron chi connectivity index (χ1n) is 6.91. The summed E-state index contributed by atoms with van der Waals surface area (Å²) in [4.78, 5) is 14.9. The Kier molecular flexibility index (Phi) is 4.28. The summed E-state index contributed by atoms with van der Waals surface area (Å²) in [7, 11) is 0. The molecule has 0 radical (unpaired) electrons. The largest absolute Gasteiger partial charge is 0.478 e. The van der Waals surface area contributed by atoms with Gasteiger partial charge in [-0.1, -0.05) is 11.7 Å². The zero-order valence-electron chi connectivity index (χ0n) is 12.4. The van der Waals surface area contributed by atoms with E-state index in [9.17, 15) is 4.79 Å². The predicted molar refractivity (Wildman–Crippen MR) is 82.3 cm³/mol. The Labute approximate surface area is 136 Å². The number of aromatic nitrogens is 4. The van der Waals surface area contributed by atoms with Gasteiger partial charge in [0, 0.05) is 23.4 Å². The van der Waals surface area contributed by atoms with Crippen LogP contribution in [0.25, 0.3) is 11.4 Å². The standard InChI is InChI=1S/C16H12N4O4/c1-10(16(21)22)9-14-18-15(20-24-14)11-4-6-12(7-5-11)23-13-3-2-8-17-19-13/h2-8H,1,9H2,(H,21,22). The number of hydrogen-bond donors (Lipinski definition) is 1. The monoisotopic (exact) mass is 324 g/mol. The first-order valence-corrected chi connectivity index (χ1v) is 6.91. The molecule has 0 saturated carbocycles. The fraction of sp³-hybridized carbons (Fsp3) is 0.0625. The molecule has 2 aromatic heterocycles. The average molecular weight is 324 g/mol. The van der Waals surface area contributed by atoms with E-state index in [4.69, 9.17) is 14.4 Å². The molecule has 120 valence electrons. The number of carboxylic acid groups (broad SMARTS) is 1. The van der Waals surface area contributed by atoms with Crippen LogP contribution in [0.3, 0.4) is 0 Å². The Balaban J connectivity index is 1.71. The van der Waals surface area contributed by atoms with Crippen molar-refractivity contribution >= 4 is 5.97 Å². The van der Waals surface area contributed by atoms with Crippen LogP contribution in [-0.4, -0.2) is 31.4 Å². The van der Waals surface area contributed by atoms with Crippen LogP contribution in [0.4, 0.5) is 0 Å². The van der Waals surface area contributed by atoms with Gasteiger partial charge in [0.15, 0.2) is 0 Å². The fourth-order valence-electron chi connectivity index (χ4n) is 1.84. The van der Waals surface area contributed by atoms with Crippen LogP contribution >= 0.6 is 0 Å². The van der Waals surface area contributed by atoms with E-state index >= 15 is 0 Å². The van der Waals surface area contributed by atoms with Gasteiger partial charge < -0.3 is 14.4 Å². The summed E-state index contributed by atoms with van der Waals surface area (Å²) in [6.07, 6.45) is 1.55. The number of rotatable bonds is 6. The number of carboxylic acids is 1. The molecular weight excluding hydrogens is 312 g/mol. The van der Waals surface area contributed by atoms with E-state index < -0.39 is 5.97 Å². The fourth-order valence-corrected chi connectivity index (χ4v) is 1.84. The summed E-state index contributed by atoms with van der Waals surface area (Å²) in [6.45, 7) is 3.43. The van der Waals surface area contributed by atoms with Gasteiger partial charge in [-0.25, -0.2) is 4.79 Å². The summed E-state index contributed by atoms with van der Waals surface area (Å²) in [5, 5.41) is 20.2. The number of benzene rings is 1. The molecule has 8 nitrogen and oxygen atoms in total. The molecule has 0 bridgehead atoms. The van der Waals surface area contributed by atoms with Gasteiger partial charge in [0.2, 0.25) is 17.6 Å². The van der Waals surface area contributed by atoms with Crippen molar-refractivity contribution in [3.63, 3.8) is 0 Å². The third kappa shape index (κ3) is 3.61. The highest BCUT2D eigenvalue weighted by molar-refractivity contribution is 5.86. The second-order valence-electron chi connectivity index (χ2n) is 4.79. The Hall–Kier alpha value is -3.55. The number of hydrogen-bond acceptors (Lipinski definition) is 7. The maximum absolute atomic E-state index is 10.8. The van der Waals surface area contributed by atoms with Crippen molar-refractivity contribution in [1.29, 1.82) is 0 Å². The topological polar surface area (TPSA) is 111 Å². The van der Waals surface area contributed by atoms with Gasteiger partial charge in [0.1, 0.15) is 5.75 Å². The molecule has 1 N–H and O–H groups in total. The number of ether oxygens (including phenoxy) is 1. The number of nitrogens with zero attached hydrogens (tertiary/aromatic N) is 4. The summed E-state index contributed by atoms with van der Waals surface area (Å²) in [6, 6.07) is 10.4. The van der Waals surface area contributed by atoms with Crippen LogP contribution in [0.5, 0.6) is 11.6 Å². The lowest BCUT2D eigenvalue weighted by molar-refractivity contribution is -0.132. The van der Waals surface area contributed by atoms with E-state index in [2.05, 4.69) is 26.9 Å². The van der Waals surface area contributed by atoms with Gasteiger partial charge in [-0.2, -0.15) is 10.1 Å². The molecule has 0 aliphatic carbocycles. The molecular formula is C16H12N4O4. The molecule has 24 heavy (non-hydrogen) atoms. The van der Waals surface area contributed by atoms with Crippen LogP contribution in [0.1, 0.15) is 5.89 Å². The van der Waals surface area contributed by atoms with Crippen molar-refractivity contribution in [1.82, 2.24) is 20.3 Å². The van der Waals surface area contributed by atoms with Crippen LogP contribution in [0.2, 0.25) is 0 Å². The predicted octanol–water partition coefficient (Wildman–Crippen LogP) is 2.50. The molecule has 0 aliphatic heterocycles. The van der Waals surface area contributed by atoms with E-state index in [-0.39, 0.29) is 17.9 Å². The molecule has 0 fully saturated rings. The Morgan fingerprint density at radius 1 is 1.25 bits per heavy atom. The van der Waals surface area contributed by atoms with Crippen molar-refractivity contribution in [3.8, 4) is 23.0 Å². The highest BCUT2D eigenvalue weighted by Gasteiger charge is 2.13. The van der Waals surface area contributed by atoms with E-state index in [1.807, 2.05) is 0 Å². The van der Waals surface area contributed by atoms with Crippen LogP contribution < -0.4 is 4.74 Å². The zero-order valence-corrected chi connectivity index (χ0v) is 12.4. The van der Waals surface area contributed by atoms with Gasteiger partial charge in [-0.3, -0.25) is 0 Å². The normalized spacial score (nSPS) is 10.3.